The minimum atomic E-state index is -0.382. The Morgan fingerprint density at radius 2 is 2.28 bits per heavy atom. The molecule has 1 aromatic rings. The van der Waals surface area contributed by atoms with Gasteiger partial charge in [-0.1, -0.05) is 6.92 Å². The fourth-order valence-electron chi connectivity index (χ4n) is 1.65. The zero-order valence-electron chi connectivity index (χ0n) is 11.6. The summed E-state index contributed by atoms with van der Waals surface area (Å²) in [6, 6.07) is 0.286. The lowest BCUT2D eigenvalue weighted by Crippen LogP contribution is -2.46. The van der Waals surface area contributed by atoms with E-state index < -0.39 is 0 Å². The Bertz CT molecular complexity index is 401. The van der Waals surface area contributed by atoms with Crippen LogP contribution in [0.5, 0.6) is 0 Å². The van der Waals surface area contributed by atoms with Crippen LogP contribution in [0.25, 0.3) is 0 Å². The normalized spacial score (nSPS) is 14.6. The zero-order chi connectivity index (χ0) is 13.8. The molecule has 0 aliphatic rings. The van der Waals surface area contributed by atoms with Gasteiger partial charge < -0.3 is 15.0 Å². The Hall–Kier alpha value is -1.36. The molecule has 0 saturated heterocycles. The molecule has 0 radical (unpaired) electrons. The Morgan fingerprint density at radius 1 is 1.61 bits per heavy atom. The van der Waals surface area contributed by atoms with E-state index in [0.717, 1.165) is 6.42 Å². The van der Waals surface area contributed by atoms with Crippen molar-refractivity contribution in [3.8, 4) is 0 Å². The van der Waals surface area contributed by atoms with Crippen LogP contribution >= 0.6 is 0 Å². The molecule has 1 rings (SSSR count). The number of nitrogens with zero attached hydrogens (tertiary/aromatic N) is 2. The maximum Gasteiger partial charge on any atom is 0.271 e. The first kappa shape index (κ1) is 14.7. The highest BCUT2D eigenvalue weighted by atomic mass is 16.3. The van der Waals surface area contributed by atoms with Crippen LogP contribution in [0.3, 0.4) is 0 Å². The molecule has 1 amide bonds. The van der Waals surface area contributed by atoms with Crippen molar-refractivity contribution in [2.75, 3.05) is 6.61 Å². The van der Waals surface area contributed by atoms with E-state index >= 15 is 0 Å². The maximum absolute atomic E-state index is 12.1. The highest BCUT2D eigenvalue weighted by Gasteiger charge is 2.25. The van der Waals surface area contributed by atoms with Crippen LogP contribution in [0.1, 0.15) is 57.1 Å². The van der Waals surface area contributed by atoms with Crippen molar-refractivity contribution in [1.82, 2.24) is 14.9 Å². The van der Waals surface area contributed by atoms with Crippen LogP contribution in [-0.2, 0) is 0 Å². The topological polar surface area (TPSA) is 67.2 Å². The van der Waals surface area contributed by atoms with E-state index in [1.54, 1.807) is 12.5 Å². The smallest absolute Gasteiger partial charge is 0.271 e. The Kier molecular flexibility index (Phi) is 4.90. The summed E-state index contributed by atoms with van der Waals surface area (Å²) in [6.07, 6.45) is 4.72. The lowest BCUT2D eigenvalue weighted by Gasteiger charge is -2.28. The highest BCUT2D eigenvalue weighted by Crippen LogP contribution is 2.15. The largest absolute Gasteiger partial charge is 0.396 e. The molecule has 1 heterocycles. The number of amides is 1. The van der Waals surface area contributed by atoms with E-state index in [4.69, 9.17) is 5.11 Å². The van der Waals surface area contributed by atoms with E-state index in [-0.39, 0.29) is 24.1 Å². The van der Waals surface area contributed by atoms with Gasteiger partial charge in [-0.3, -0.25) is 4.79 Å². The Morgan fingerprint density at radius 3 is 2.72 bits per heavy atom. The van der Waals surface area contributed by atoms with Gasteiger partial charge in [-0.2, -0.15) is 0 Å². The van der Waals surface area contributed by atoms with Gasteiger partial charge in [-0.05, 0) is 33.6 Å². The minimum absolute atomic E-state index is 0.0606. The van der Waals surface area contributed by atoms with Gasteiger partial charge in [0.15, 0.2) is 0 Å². The summed E-state index contributed by atoms with van der Waals surface area (Å²) < 4.78 is 1.89. The van der Waals surface area contributed by atoms with Crippen molar-refractivity contribution >= 4 is 5.91 Å². The molecule has 5 nitrogen and oxygen atoms in total. The maximum atomic E-state index is 12.1. The summed E-state index contributed by atoms with van der Waals surface area (Å²) in [5.74, 6) is -0.188. The van der Waals surface area contributed by atoms with Crippen LogP contribution in [-0.4, -0.2) is 32.7 Å². The summed E-state index contributed by atoms with van der Waals surface area (Å²) in [4.78, 5) is 16.2. The fraction of sp³-hybridized carbons (Fsp3) is 0.692. The van der Waals surface area contributed by atoms with E-state index in [2.05, 4.69) is 10.3 Å². The lowest BCUT2D eigenvalue weighted by molar-refractivity contribution is 0.0881. The molecular formula is C13H23N3O2. The standard InChI is InChI=1S/C13H23N3O2/c1-5-13(4,6-7-17)15-12(18)11-8-16(9-14-11)10(2)3/h8-10,17H,5-7H2,1-4H3,(H,15,18). The minimum Gasteiger partial charge on any atom is -0.396 e. The SMILES string of the molecule is CCC(C)(CCO)NC(=O)c1cn(C(C)C)cn1. The molecule has 18 heavy (non-hydrogen) atoms. The van der Waals surface area contributed by atoms with E-state index in [0.29, 0.717) is 12.1 Å². The van der Waals surface area contributed by atoms with Crippen molar-refractivity contribution in [2.24, 2.45) is 0 Å². The molecule has 0 aromatic carbocycles. The quantitative estimate of drug-likeness (QED) is 0.811. The molecule has 0 aliphatic carbocycles. The number of carbonyl (C=O) groups is 1. The van der Waals surface area contributed by atoms with Crippen LogP contribution in [0, 0.1) is 0 Å². The number of nitrogens with one attached hydrogen (secondary N) is 1. The van der Waals surface area contributed by atoms with Gasteiger partial charge in [0.25, 0.3) is 5.91 Å². The van der Waals surface area contributed by atoms with Crippen LogP contribution in [0.4, 0.5) is 0 Å². The second-order valence-corrected chi connectivity index (χ2v) is 5.14. The van der Waals surface area contributed by atoms with Crippen molar-refractivity contribution in [1.29, 1.82) is 0 Å². The average Bonchev–Trinajstić information content (AvgIpc) is 2.78. The highest BCUT2D eigenvalue weighted by molar-refractivity contribution is 5.92. The first-order chi connectivity index (χ1) is 8.41. The predicted octanol–water partition coefficient (Wildman–Crippen LogP) is 1.74. The molecule has 2 N–H and O–H groups in total. The number of rotatable bonds is 6. The molecule has 0 saturated carbocycles. The number of hydrogen-bond donors (Lipinski definition) is 2. The monoisotopic (exact) mass is 253 g/mol. The van der Waals surface area contributed by atoms with E-state index in [1.807, 2.05) is 32.3 Å². The second-order valence-electron chi connectivity index (χ2n) is 5.14. The molecule has 1 atom stereocenters. The molecule has 102 valence electrons. The van der Waals surface area contributed by atoms with Gasteiger partial charge in [-0.25, -0.2) is 4.98 Å². The first-order valence-corrected chi connectivity index (χ1v) is 6.38. The molecule has 0 spiro atoms. The number of hydrogen-bond acceptors (Lipinski definition) is 3. The molecule has 0 aliphatic heterocycles. The van der Waals surface area contributed by atoms with Gasteiger partial charge in [-0.15, -0.1) is 0 Å². The van der Waals surface area contributed by atoms with Gasteiger partial charge >= 0.3 is 0 Å². The molecule has 1 unspecified atom stereocenters. The predicted molar refractivity (Wildman–Crippen MR) is 70.5 cm³/mol. The number of aliphatic hydroxyl groups is 1. The van der Waals surface area contributed by atoms with Crippen LogP contribution in [0.2, 0.25) is 0 Å². The number of aliphatic hydroxyl groups excluding tert-OH is 1. The average molecular weight is 253 g/mol. The van der Waals surface area contributed by atoms with Gasteiger partial charge in [0, 0.05) is 24.4 Å². The third-order valence-electron chi connectivity index (χ3n) is 3.29. The third kappa shape index (κ3) is 3.57. The fourth-order valence-corrected chi connectivity index (χ4v) is 1.65. The summed E-state index contributed by atoms with van der Waals surface area (Å²) in [6.45, 7) is 8.05. The lowest BCUT2D eigenvalue weighted by atomic mass is 9.95. The Balaban J connectivity index is 2.74. The van der Waals surface area contributed by atoms with Crippen molar-refractivity contribution in [3.05, 3.63) is 18.2 Å². The summed E-state index contributed by atoms with van der Waals surface area (Å²) >= 11 is 0. The summed E-state index contributed by atoms with van der Waals surface area (Å²) in [5, 5.41) is 12.0. The Labute approximate surface area is 108 Å². The van der Waals surface area contributed by atoms with E-state index in [9.17, 15) is 4.79 Å². The summed E-state index contributed by atoms with van der Waals surface area (Å²) in [5.41, 5.74) is 0.0364. The van der Waals surface area contributed by atoms with Crippen molar-refractivity contribution in [2.45, 2.75) is 52.1 Å². The van der Waals surface area contributed by atoms with Gasteiger partial charge in [0.05, 0.1) is 6.33 Å². The molecule has 5 heteroatoms. The second kappa shape index (κ2) is 6.00. The molecule has 0 fully saturated rings. The van der Waals surface area contributed by atoms with Crippen LogP contribution < -0.4 is 5.32 Å². The van der Waals surface area contributed by atoms with Gasteiger partial charge in [0.2, 0.25) is 0 Å². The number of imidazole rings is 1. The first-order valence-electron chi connectivity index (χ1n) is 6.38. The molecular weight excluding hydrogens is 230 g/mol. The zero-order valence-corrected chi connectivity index (χ0v) is 11.6. The van der Waals surface area contributed by atoms with E-state index in [1.165, 1.54) is 0 Å². The molecule has 1 aromatic heterocycles. The molecule has 0 bridgehead atoms. The van der Waals surface area contributed by atoms with Crippen molar-refractivity contribution in [3.63, 3.8) is 0 Å². The summed E-state index contributed by atoms with van der Waals surface area (Å²) in [7, 11) is 0. The van der Waals surface area contributed by atoms with Crippen molar-refractivity contribution < 1.29 is 9.90 Å². The number of carbonyl (C=O) groups excluding carboxylic acids is 1. The number of aromatic nitrogens is 2. The third-order valence-corrected chi connectivity index (χ3v) is 3.29. The van der Waals surface area contributed by atoms with Crippen LogP contribution in [0.15, 0.2) is 12.5 Å². The van der Waals surface area contributed by atoms with Gasteiger partial charge in [0.1, 0.15) is 5.69 Å².